The normalized spacial score (nSPS) is 24.6. The van der Waals surface area contributed by atoms with Gasteiger partial charge in [0.2, 0.25) is 88.6 Å². The number of carbonyl (C=O) groups is 18. The molecular formula is C94H130N24O21S. The Morgan fingerprint density at radius 2 is 1.06 bits per heavy atom. The van der Waals surface area contributed by atoms with Crippen molar-refractivity contribution in [3.05, 3.63) is 102 Å². The number of ketones is 1. The minimum Gasteiger partial charge on any atom is -0.508 e. The molecule has 15 atom stereocenters. The van der Waals surface area contributed by atoms with Crippen LogP contribution in [0.5, 0.6) is 5.75 Å². The summed E-state index contributed by atoms with van der Waals surface area (Å²) in [5.74, 6) is -21.5. The van der Waals surface area contributed by atoms with E-state index in [2.05, 4.69) is 73.1 Å². The molecule has 3 saturated heterocycles. The van der Waals surface area contributed by atoms with E-state index in [-0.39, 0.29) is 140 Å². The van der Waals surface area contributed by atoms with Crippen molar-refractivity contribution in [2.75, 3.05) is 58.8 Å². The molecule has 45 nitrogen and oxygen atoms in total. The van der Waals surface area contributed by atoms with Crippen LogP contribution in [-0.2, 0) is 106 Å². The van der Waals surface area contributed by atoms with E-state index in [4.69, 9.17) is 28.0 Å². The second kappa shape index (κ2) is 53.0. The Hall–Kier alpha value is -14.4. The van der Waals surface area contributed by atoms with Crippen LogP contribution in [0.4, 0.5) is 0 Å². The second-order valence-corrected chi connectivity index (χ2v) is 36.7. The first-order valence-electron chi connectivity index (χ1n) is 47.0. The summed E-state index contributed by atoms with van der Waals surface area (Å²) < 4.78 is 0. The number of aliphatic carboxylic acids is 2. The molecule has 758 valence electrons. The maximum Gasteiger partial charge on any atom is 0.305 e. The first-order chi connectivity index (χ1) is 66.7. The number of guanidine groups is 1. The average molecular weight is 1960 g/mol. The zero-order valence-electron chi connectivity index (χ0n) is 79.4. The zero-order valence-corrected chi connectivity index (χ0v) is 80.2. The summed E-state index contributed by atoms with van der Waals surface area (Å²) in [5, 5.41) is 74.4. The molecule has 23 N–H and O–H groups in total. The number of unbranched alkanes of at least 4 members (excludes halogenated alkanes) is 3. The van der Waals surface area contributed by atoms with Crippen molar-refractivity contribution in [1.29, 1.82) is 10.8 Å². The highest BCUT2D eigenvalue weighted by Crippen LogP contribution is 2.30. The van der Waals surface area contributed by atoms with Gasteiger partial charge in [-0.05, 0) is 119 Å². The fourth-order valence-corrected chi connectivity index (χ4v) is 18.4. The van der Waals surface area contributed by atoms with Gasteiger partial charge in [0.25, 0.3) is 0 Å². The summed E-state index contributed by atoms with van der Waals surface area (Å²) in [6, 6.07) is -1.72. The Morgan fingerprint density at radius 1 is 0.529 bits per heavy atom. The fourth-order valence-electron chi connectivity index (χ4n) is 17.5. The molecule has 3 fully saturated rings. The molecule has 0 aliphatic carbocycles. The molecule has 140 heavy (non-hydrogen) atoms. The molecule has 5 aromatic rings. The maximum atomic E-state index is 16.0. The van der Waals surface area contributed by atoms with Crippen molar-refractivity contribution >= 4 is 164 Å². The molecule has 6 heterocycles. The van der Waals surface area contributed by atoms with Crippen molar-refractivity contribution in [3.8, 4) is 5.75 Å². The fraction of sp³-hybridized carbons (Fsp3) is 0.532. The number of carbonyl (C=O) groups excluding carboxylic acids is 16. The molecule has 2 aromatic heterocycles. The first-order valence-corrected chi connectivity index (χ1v) is 48.2. The number of nitrogens with zero attached hydrogens (tertiary/aromatic N) is 7. The van der Waals surface area contributed by atoms with Gasteiger partial charge in [-0.15, -0.1) is 11.8 Å². The predicted molar refractivity (Wildman–Crippen MR) is 517 cm³/mol. The summed E-state index contributed by atoms with van der Waals surface area (Å²) in [6.45, 7) is 3.85. The van der Waals surface area contributed by atoms with Gasteiger partial charge < -0.3 is 120 Å². The summed E-state index contributed by atoms with van der Waals surface area (Å²) in [5.41, 5.74) is 19.7. The molecule has 3 aromatic carbocycles. The van der Waals surface area contributed by atoms with Crippen LogP contribution in [0, 0.1) is 16.7 Å². The number of carboxylic acid groups (broad SMARTS) is 2. The third-order valence-corrected chi connectivity index (χ3v) is 26.4. The highest BCUT2D eigenvalue weighted by atomic mass is 32.2. The third-order valence-electron chi connectivity index (χ3n) is 25.3. The van der Waals surface area contributed by atoms with E-state index in [9.17, 15) is 63.3 Å². The SMILES string of the molecule is CCCC[C@H]1C(=O)N(C)[C@@H](CCCC)C(=O)N[C@@H](CC(=O)O)C(=O)N[C@H](C(=O)NCC(N)=O)CSCC(=O)N[C@@H](Cc2ccc(O)cc2)C(=O)N(C)[C@@H](C)C(=O)N[C@@H](CC(=O)O)C(=O)N2CCC[C@H]2C(=O)N[C@@H](CC2C=NC=N2)C(=O)N[C@@H](CCCNC(=N)N)C(=O)N2CCC[C@H]2C(=O)C[C@@H](Cc2c[nH]c3ccccc23)C(=O)N[C@@H](CCCCC(=N)N)C(=O)N[C@@H](Cc2c[nH]c3ccccc23)C(=O)N1C. The van der Waals surface area contributed by atoms with Crippen LogP contribution in [0.1, 0.15) is 166 Å². The van der Waals surface area contributed by atoms with E-state index in [1.54, 1.807) is 61.8 Å². The highest BCUT2D eigenvalue weighted by Gasteiger charge is 2.46. The topological polar surface area (TPSA) is 687 Å². The molecular weight excluding hydrogens is 1830 g/mol. The van der Waals surface area contributed by atoms with Crippen LogP contribution in [0.2, 0.25) is 0 Å². The number of thioether (sulfide) groups is 1. The molecule has 4 aliphatic heterocycles. The monoisotopic (exact) mass is 1960 g/mol. The first kappa shape index (κ1) is 109. The molecule has 9 rings (SSSR count). The quantitative estimate of drug-likeness (QED) is 0.0158. The van der Waals surface area contributed by atoms with Gasteiger partial charge in [-0.3, -0.25) is 102 Å². The Kier molecular flexibility index (Phi) is 41.3. The van der Waals surface area contributed by atoms with Gasteiger partial charge in [0, 0.05) is 125 Å². The van der Waals surface area contributed by atoms with Gasteiger partial charge in [0.15, 0.2) is 11.7 Å². The molecule has 0 spiro atoms. The number of para-hydroxylation sites is 2. The number of aromatic hydroxyl groups is 1. The van der Waals surface area contributed by atoms with Gasteiger partial charge in [0.05, 0.1) is 43.1 Å². The number of hydrogen-bond acceptors (Lipinski definition) is 24. The van der Waals surface area contributed by atoms with Crippen LogP contribution in [-0.4, -0.2) is 324 Å². The van der Waals surface area contributed by atoms with Crippen LogP contribution < -0.4 is 70.4 Å². The Bertz CT molecular complexity index is 5380. The molecule has 0 bridgehead atoms. The highest BCUT2D eigenvalue weighted by molar-refractivity contribution is 8.00. The van der Waals surface area contributed by atoms with E-state index in [1.807, 2.05) is 13.0 Å². The van der Waals surface area contributed by atoms with Gasteiger partial charge >= 0.3 is 11.9 Å². The summed E-state index contributed by atoms with van der Waals surface area (Å²) in [4.78, 5) is 285. The summed E-state index contributed by atoms with van der Waals surface area (Å²) in [7, 11) is 3.80. The Labute approximate surface area is 812 Å². The summed E-state index contributed by atoms with van der Waals surface area (Å²) >= 11 is 0.674. The lowest BCUT2D eigenvalue weighted by Crippen LogP contribution is -2.60. The van der Waals surface area contributed by atoms with Crippen molar-refractivity contribution in [1.82, 2.24) is 87.6 Å². The molecule has 1 unspecified atom stereocenters. The van der Waals surface area contributed by atoms with E-state index in [0.29, 0.717) is 69.5 Å². The number of phenolic OH excluding ortho intramolecular Hbond substituents is 1. The lowest BCUT2D eigenvalue weighted by Gasteiger charge is -2.36. The van der Waals surface area contributed by atoms with E-state index in [1.165, 1.54) is 69.8 Å². The Morgan fingerprint density at radius 3 is 1.68 bits per heavy atom. The van der Waals surface area contributed by atoms with Gasteiger partial charge in [-0.1, -0.05) is 94.5 Å². The number of aromatic nitrogens is 2. The van der Waals surface area contributed by atoms with Crippen LogP contribution in [0.15, 0.2) is 95.2 Å². The number of H-pyrrole nitrogens is 2. The lowest BCUT2D eigenvalue weighted by molar-refractivity contribution is -0.149. The smallest absolute Gasteiger partial charge is 0.305 e. The van der Waals surface area contributed by atoms with E-state index >= 15 is 38.4 Å². The number of nitrogens with two attached hydrogens (primary N) is 3. The number of benzene rings is 3. The van der Waals surface area contributed by atoms with Crippen molar-refractivity contribution in [2.24, 2.45) is 33.1 Å². The van der Waals surface area contributed by atoms with E-state index in [0.717, 1.165) is 19.6 Å². The van der Waals surface area contributed by atoms with Crippen LogP contribution in [0.3, 0.4) is 0 Å². The van der Waals surface area contributed by atoms with Crippen molar-refractivity contribution in [2.45, 2.75) is 253 Å². The molecule has 15 amide bonds. The van der Waals surface area contributed by atoms with Crippen molar-refractivity contribution < 1.29 is 102 Å². The van der Waals surface area contributed by atoms with Crippen LogP contribution in [0.25, 0.3) is 21.8 Å². The lowest BCUT2D eigenvalue weighted by atomic mass is 9.90. The number of amidine groups is 1. The van der Waals surface area contributed by atoms with Crippen molar-refractivity contribution in [3.63, 3.8) is 0 Å². The molecule has 46 heteroatoms. The summed E-state index contributed by atoms with van der Waals surface area (Å²) in [6.07, 6.45) is 4.14. The maximum absolute atomic E-state index is 16.0. The number of carboxylic acids is 2. The van der Waals surface area contributed by atoms with Gasteiger partial charge in [-0.25, -0.2) is 4.99 Å². The largest absolute Gasteiger partial charge is 0.508 e. The number of aliphatic imine (C=N–C) groups is 2. The van der Waals surface area contributed by atoms with Gasteiger partial charge in [0.1, 0.15) is 84.6 Å². The Balaban J connectivity index is 1.12. The number of aromatic amines is 2. The minimum absolute atomic E-state index is 0.00928. The predicted octanol–water partition coefficient (Wildman–Crippen LogP) is -0.371. The standard InChI is InChI=1S/C94H130N24O21S/c1-7-9-26-72-87(133)110-66(43-79(123)124)86(132)113-70(83(129)104-48-77(97)121)49-140-50-78(122)106-67(38-53-31-33-58(119)34-32-53)89(135)114(4)52(3)81(127)111-69(44-80(125)126)92(138)118-37-19-29-73(118)88(134)109-65(42-57-47-100-51-105-57)85(131)108-64(25-17-35-101-94(98)99)91(137)117-36-18-28-71(117)75(120)41-54(39-55-45-102-61-22-13-11-20-59(55)61)82(128)107-63(24-15-16-30-76(95)96)84(130)112-68(40-56-46-103-62-23-14-12-21-60(56)62)90(136)116(6)74(27-10-8-2)93(139)115(72)5/h11-14,20-23,31-34,45-47,51-52,54,57,63-74,102-103,119H,7-10,15-19,24-30,35-44,48-50H2,1-6H3,(H3,95,96)(H2,97,121)(H,104,129)(H,106,122)(H,107,128)(H,108,131)(H,109,134)(H,110,133)(H,111,127)(H,112,130)(H,113,132)(H,123,124)(H,125,126)(H4,98,99,101)/t52-,54+,57?,63-,64-,65-,66-,67-,68-,69-,70-,71-,72-,73-,74-/m0/s1. The number of nitrogens with one attached hydrogen (secondary N) is 14. The molecule has 0 saturated carbocycles. The number of fused-ring (bicyclic) bond motifs is 4. The van der Waals surface area contributed by atoms with Crippen LogP contribution >= 0.6 is 11.8 Å². The molecule has 4 aliphatic rings. The number of amides is 15. The van der Waals surface area contributed by atoms with Gasteiger partial charge in [-0.2, -0.15) is 0 Å². The minimum atomic E-state index is -2.03. The number of Topliss-reactive ketones (excluding diaryl/α,β-unsaturated/α-hetero) is 1. The number of hydrogen-bond donors (Lipinski definition) is 20. The number of likely N-dealkylation sites (N-methyl/N-ethyl adjacent to an activating group) is 3. The second-order valence-electron chi connectivity index (χ2n) is 35.6. The zero-order chi connectivity index (χ0) is 102. The molecule has 0 radical (unpaired) electrons. The number of rotatable bonds is 30. The average Bonchev–Trinajstić information content (AvgIpc) is 1.56. The number of phenols is 1. The third kappa shape index (κ3) is 31.3. The number of primary amides is 1. The van der Waals surface area contributed by atoms with E-state index < -0.39 is 240 Å².